The van der Waals surface area contributed by atoms with E-state index in [-0.39, 0.29) is 0 Å². The van der Waals surface area contributed by atoms with Crippen molar-refractivity contribution in [3.63, 3.8) is 0 Å². The maximum atomic E-state index is 4.58. The summed E-state index contributed by atoms with van der Waals surface area (Å²) in [6.45, 7) is 4.73. The molecular weight excluding hydrogens is 312 g/mol. The van der Waals surface area contributed by atoms with Crippen LogP contribution in [-0.2, 0) is 0 Å². The van der Waals surface area contributed by atoms with Crippen LogP contribution in [0.2, 0.25) is 0 Å². The molecule has 0 aliphatic heterocycles. The van der Waals surface area contributed by atoms with E-state index < -0.39 is 0 Å². The van der Waals surface area contributed by atoms with Gasteiger partial charge in [0.25, 0.3) is 0 Å². The zero-order valence-electron chi connectivity index (χ0n) is 12.1. The fourth-order valence-electron chi connectivity index (χ4n) is 3.21. The lowest BCUT2D eigenvalue weighted by molar-refractivity contribution is 0.217. The molecule has 1 unspecified atom stereocenters. The van der Waals surface area contributed by atoms with Gasteiger partial charge >= 0.3 is 0 Å². The molecule has 0 saturated heterocycles. The van der Waals surface area contributed by atoms with Crippen LogP contribution in [0.3, 0.4) is 0 Å². The third kappa shape index (κ3) is 2.56. The minimum absolute atomic E-state index is 0.341. The van der Waals surface area contributed by atoms with Crippen LogP contribution < -0.4 is 5.32 Å². The number of halogens is 1. The topological polar surface area (TPSA) is 24.9 Å². The van der Waals surface area contributed by atoms with Crippen LogP contribution in [0.5, 0.6) is 0 Å². The van der Waals surface area contributed by atoms with Crippen molar-refractivity contribution in [3.05, 3.63) is 34.9 Å². The molecule has 1 heterocycles. The SMILES string of the molecule is CC1(C)CCCCC1Nc1nccc2c(Br)cccc12. The highest BCUT2D eigenvalue weighted by Crippen LogP contribution is 2.38. The zero-order chi connectivity index (χ0) is 14.2. The molecule has 3 heteroatoms. The van der Waals surface area contributed by atoms with Crippen LogP contribution in [0.4, 0.5) is 5.82 Å². The van der Waals surface area contributed by atoms with E-state index in [0.29, 0.717) is 11.5 Å². The predicted octanol–water partition coefficient (Wildman–Crippen LogP) is 5.38. The summed E-state index contributed by atoms with van der Waals surface area (Å²) in [6, 6.07) is 8.87. The number of nitrogens with zero attached hydrogens (tertiary/aromatic N) is 1. The van der Waals surface area contributed by atoms with Crippen LogP contribution in [0.15, 0.2) is 34.9 Å². The number of aromatic nitrogens is 1. The molecule has 2 nitrogen and oxygen atoms in total. The van der Waals surface area contributed by atoms with E-state index in [9.17, 15) is 0 Å². The second-order valence-corrected chi connectivity index (χ2v) is 7.28. The Morgan fingerprint density at radius 1 is 1.20 bits per heavy atom. The van der Waals surface area contributed by atoms with Crippen molar-refractivity contribution in [3.8, 4) is 0 Å². The van der Waals surface area contributed by atoms with Gasteiger partial charge in [0.2, 0.25) is 0 Å². The summed E-state index contributed by atoms with van der Waals surface area (Å²) in [7, 11) is 0. The molecule has 0 bridgehead atoms. The minimum Gasteiger partial charge on any atom is -0.366 e. The normalized spacial score (nSPS) is 21.9. The number of rotatable bonds is 2. The third-order valence-corrected chi connectivity index (χ3v) is 5.26. The summed E-state index contributed by atoms with van der Waals surface area (Å²) in [6.07, 6.45) is 7.08. The molecule has 1 fully saturated rings. The molecule has 0 spiro atoms. The highest BCUT2D eigenvalue weighted by Gasteiger charge is 2.32. The van der Waals surface area contributed by atoms with Gasteiger partial charge in [0.15, 0.2) is 0 Å². The average Bonchev–Trinajstić information content (AvgIpc) is 2.42. The monoisotopic (exact) mass is 332 g/mol. The summed E-state index contributed by atoms with van der Waals surface area (Å²) >= 11 is 3.62. The lowest BCUT2D eigenvalue weighted by atomic mass is 9.73. The summed E-state index contributed by atoms with van der Waals surface area (Å²) in [5.41, 5.74) is 0.341. The van der Waals surface area contributed by atoms with Crippen LogP contribution >= 0.6 is 15.9 Å². The van der Waals surface area contributed by atoms with Gasteiger partial charge in [0.1, 0.15) is 5.82 Å². The molecule has 106 valence electrons. The third-order valence-electron chi connectivity index (χ3n) is 4.57. The number of fused-ring (bicyclic) bond motifs is 1. The second-order valence-electron chi connectivity index (χ2n) is 6.43. The summed E-state index contributed by atoms with van der Waals surface area (Å²) in [4.78, 5) is 4.58. The fourth-order valence-corrected chi connectivity index (χ4v) is 3.71. The number of benzene rings is 1. The maximum absolute atomic E-state index is 4.58. The van der Waals surface area contributed by atoms with Crippen molar-refractivity contribution >= 4 is 32.5 Å². The summed E-state index contributed by atoms with van der Waals surface area (Å²) in [5, 5.41) is 6.13. The van der Waals surface area contributed by atoms with Crippen LogP contribution in [0.1, 0.15) is 39.5 Å². The van der Waals surface area contributed by atoms with E-state index in [1.54, 1.807) is 0 Å². The Balaban J connectivity index is 1.97. The van der Waals surface area contributed by atoms with Gasteiger partial charge in [-0.25, -0.2) is 4.98 Å². The summed E-state index contributed by atoms with van der Waals surface area (Å²) in [5.74, 6) is 1.02. The Bertz CT molecular complexity index is 621. The molecule has 1 aromatic heterocycles. The molecule has 1 atom stereocenters. The Hall–Kier alpha value is -1.09. The minimum atomic E-state index is 0.341. The Morgan fingerprint density at radius 3 is 2.85 bits per heavy atom. The number of hydrogen-bond donors (Lipinski definition) is 1. The van der Waals surface area contributed by atoms with E-state index in [1.807, 2.05) is 6.20 Å². The molecule has 1 N–H and O–H groups in total. The molecule has 3 rings (SSSR count). The standard InChI is InChI=1S/C17H21BrN2/c1-17(2)10-4-3-8-15(17)20-16-13-6-5-7-14(18)12(13)9-11-19-16/h5-7,9,11,15H,3-4,8,10H2,1-2H3,(H,19,20). The molecule has 2 aromatic rings. The van der Waals surface area contributed by atoms with Crippen molar-refractivity contribution in [1.82, 2.24) is 4.98 Å². The highest BCUT2D eigenvalue weighted by molar-refractivity contribution is 9.10. The summed E-state index contributed by atoms with van der Waals surface area (Å²) < 4.78 is 1.13. The van der Waals surface area contributed by atoms with Crippen molar-refractivity contribution in [2.24, 2.45) is 5.41 Å². The first-order valence-electron chi connectivity index (χ1n) is 7.38. The van der Waals surface area contributed by atoms with E-state index in [4.69, 9.17) is 0 Å². The first-order chi connectivity index (χ1) is 9.58. The fraction of sp³-hybridized carbons (Fsp3) is 0.471. The van der Waals surface area contributed by atoms with Gasteiger partial charge in [0, 0.05) is 27.5 Å². The molecule has 1 saturated carbocycles. The zero-order valence-corrected chi connectivity index (χ0v) is 13.7. The number of pyridine rings is 1. The molecule has 0 radical (unpaired) electrons. The Morgan fingerprint density at radius 2 is 2.05 bits per heavy atom. The molecule has 1 aliphatic rings. The van der Waals surface area contributed by atoms with Crippen molar-refractivity contribution in [2.75, 3.05) is 5.32 Å². The van der Waals surface area contributed by atoms with Crippen LogP contribution in [0.25, 0.3) is 10.8 Å². The first-order valence-corrected chi connectivity index (χ1v) is 8.17. The van der Waals surface area contributed by atoms with Crippen LogP contribution in [-0.4, -0.2) is 11.0 Å². The maximum Gasteiger partial charge on any atom is 0.134 e. The van der Waals surface area contributed by atoms with E-state index in [0.717, 1.165) is 10.3 Å². The van der Waals surface area contributed by atoms with E-state index >= 15 is 0 Å². The molecule has 1 aromatic carbocycles. The van der Waals surface area contributed by atoms with Gasteiger partial charge < -0.3 is 5.32 Å². The van der Waals surface area contributed by atoms with Crippen molar-refractivity contribution in [2.45, 2.75) is 45.6 Å². The molecular formula is C17H21BrN2. The highest BCUT2D eigenvalue weighted by atomic mass is 79.9. The van der Waals surface area contributed by atoms with Crippen LogP contribution in [0, 0.1) is 5.41 Å². The Labute approximate surface area is 129 Å². The number of nitrogens with one attached hydrogen (secondary N) is 1. The largest absolute Gasteiger partial charge is 0.366 e. The van der Waals surface area contributed by atoms with Gasteiger partial charge in [-0.3, -0.25) is 0 Å². The average molecular weight is 333 g/mol. The van der Waals surface area contributed by atoms with Gasteiger partial charge in [-0.15, -0.1) is 0 Å². The van der Waals surface area contributed by atoms with E-state index in [1.165, 1.54) is 36.5 Å². The second kappa shape index (κ2) is 5.36. The lowest BCUT2D eigenvalue weighted by Crippen LogP contribution is -2.39. The van der Waals surface area contributed by atoms with Gasteiger partial charge in [0.05, 0.1) is 0 Å². The number of anilines is 1. The van der Waals surface area contributed by atoms with Gasteiger partial charge in [-0.2, -0.15) is 0 Å². The lowest BCUT2D eigenvalue weighted by Gasteiger charge is -2.39. The molecule has 0 amide bonds. The smallest absolute Gasteiger partial charge is 0.134 e. The van der Waals surface area contributed by atoms with Gasteiger partial charge in [-0.1, -0.05) is 54.8 Å². The number of hydrogen-bond acceptors (Lipinski definition) is 2. The van der Waals surface area contributed by atoms with Crippen molar-refractivity contribution in [1.29, 1.82) is 0 Å². The van der Waals surface area contributed by atoms with Gasteiger partial charge in [-0.05, 0) is 30.4 Å². The first kappa shape index (κ1) is 13.9. The van der Waals surface area contributed by atoms with E-state index in [2.05, 4.69) is 64.3 Å². The predicted molar refractivity (Wildman–Crippen MR) is 89.1 cm³/mol. The quantitative estimate of drug-likeness (QED) is 0.798. The molecule has 1 aliphatic carbocycles. The van der Waals surface area contributed by atoms with Crippen molar-refractivity contribution < 1.29 is 0 Å². The molecule has 20 heavy (non-hydrogen) atoms. The Kier molecular flexibility index (Phi) is 3.72.